The number of amides is 1. The normalized spacial score (nSPS) is 14.8. The number of aliphatic hydroxyl groups is 1. The first kappa shape index (κ1) is 20.3. The maximum atomic E-state index is 12.3. The monoisotopic (exact) mass is 408 g/mol. The number of nitrogens with zero attached hydrogens (tertiary/aromatic N) is 4. The number of hydrogen-bond acceptors (Lipinski definition) is 5. The number of hydrogen-bond donors (Lipinski definition) is 1. The van der Waals surface area contributed by atoms with E-state index in [1.165, 1.54) is 5.56 Å². The molecule has 0 unspecified atom stereocenters. The van der Waals surface area contributed by atoms with E-state index in [4.69, 9.17) is 9.84 Å². The number of aromatic nitrogens is 3. The number of pyridine rings is 1. The Bertz CT molecular complexity index is 1110. The highest BCUT2D eigenvalue weighted by atomic mass is 16.6. The first-order valence-corrected chi connectivity index (χ1v) is 10.2. The Balaban J connectivity index is 1.72. The summed E-state index contributed by atoms with van der Waals surface area (Å²) >= 11 is 0. The van der Waals surface area contributed by atoms with Gasteiger partial charge < -0.3 is 14.7 Å². The highest BCUT2D eigenvalue weighted by Crippen LogP contribution is 2.35. The Labute approximate surface area is 176 Å². The maximum Gasteiger partial charge on any atom is 0.410 e. The van der Waals surface area contributed by atoms with Gasteiger partial charge in [-0.1, -0.05) is 17.7 Å². The molecule has 0 atom stereocenters. The molecule has 1 aliphatic rings. The Hall–Kier alpha value is -2.93. The third-order valence-electron chi connectivity index (χ3n) is 5.35. The third kappa shape index (κ3) is 3.65. The third-order valence-corrected chi connectivity index (χ3v) is 5.35. The van der Waals surface area contributed by atoms with Crippen LogP contribution in [-0.4, -0.2) is 49.6 Å². The molecule has 1 fully saturated rings. The number of aliphatic hydroxyl groups excluding tert-OH is 1. The van der Waals surface area contributed by atoms with Crippen molar-refractivity contribution in [2.45, 2.75) is 52.7 Å². The number of carbonyl (C=O) groups is 1. The van der Waals surface area contributed by atoms with Crippen molar-refractivity contribution >= 4 is 17.1 Å². The van der Waals surface area contributed by atoms with Gasteiger partial charge in [-0.2, -0.15) is 5.10 Å². The molecule has 1 saturated heterocycles. The molecule has 1 N–H and O–H groups in total. The number of benzene rings is 1. The van der Waals surface area contributed by atoms with E-state index in [0.717, 1.165) is 33.5 Å². The number of aryl methyl sites for hydroxylation is 2. The summed E-state index contributed by atoms with van der Waals surface area (Å²) in [4.78, 5) is 18.6. The lowest BCUT2D eigenvalue weighted by Gasteiger charge is -2.39. The minimum Gasteiger partial charge on any atom is -0.444 e. The topological polar surface area (TPSA) is 80.5 Å². The minimum absolute atomic E-state index is 0.0709. The standard InChI is InChI=1S/C23H28N4O3/c1-14-6-7-18(15(2)10-14)27-21-19(16(13-28)8-9-24-21)20(25-27)17-11-26(12-17)22(29)30-23(3,4)5/h6-10,17,28H,11-13H2,1-5H3. The molecule has 0 bridgehead atoms. The molecule has 0 spiro atoms. The summed E-state index contributed by atoms with van der Waals surface area (Å²) in [5.41, 5.74) is 5.11. The van der Waals surface area contributed by atoms with Crippen molar-refractivity contribution in [3.63, 3.8) is 0 Å². The molecule has 3 aromatic rings. The van der Waals surface area contributed by atoms with Gasteiger partial charge in [0, 0.05) is 30.6 Å². The highest BCUT2D eigenvalue weighted by molar-refractivity contribution is 5.85. The fraction of sp³-hybridized carbons (Fsp3) is 0.435. The summed E-state index contributed by atoms with van der Waals surface area (Å²) in [5, 5.41) is 15.7. The predicted molar refractivity (Wildman–Crippen MR) is 115 cm³/mol. The lowest BCUT2D eigenvalue weighted by Crippen LogP contribution is -2.50. The SMILES string of the molecule is Cc1ccc(-n2nc(C3CN(C(=O)OC(C)(C)C)C3)c3c(CO)ccnc32)c(C)c1. The van der Waals surface area contributed by atoms with Gasteiger partial charge in [0.15, 0.2) is 5.65 Å². The van der Waals surface area contributed by atoms with Gasteiger partial charge in [0.05, 0.1) is 18.0 Å². The van der Waals surface area contributed by atoms with Gasteiger partial charge in [-0.3, -0.25) is 0 Å². The van der Waals surface area contributed by atoms with Crippen molar-refractivity contribution in [1.29, 1.82) is 0 Å². The van der Waals surface area contributed by atoms with Gasteiger partial charge in [-0.25, -0.2) is 14.5 Å². The van der Waals surface area contributed by atoms with E-state index in [9.17, 15) is 9.90 Å². The molecule has 1 aliphatic heterocycles. The summed E-state index contributed by atoms with van der Waals surface area (Å²) in [6.45, 7) is 10.7. The lowest BCUT2D eigenvalue weighted by molar-refractivity contribution is 0.00794. The first-order valence-electron chi connectivity index (χ1n) is 10.2. The van der Waals surface area contributed by atoms with Gasteiger partial charge in [-0.05, 0) is 57.9 Å². The molecule has 0 aliphatic carbocycles. The zero-order valence-electron chi connectivity index (χ0n) is 18.1. The van der Waals surface area contributed by atoms with Crippen LogP contribution in [-0.2, 0) is 11.3 Å². The minimum atomic E-state index is -0.520. The molecule has 0 saturated carbocycles. The van der Waals surface area contributed by atoms with Crippen LogP contribution < -0.4 is 0 Å². The maximum absolute atomic E-state index is 12.3. The first-order chi connectivity index (χ1) is 14.2. The second-order valence-electron chi connectivity index (χ2n) is 9.00. The van der Waals surface area contributed by atoms with E-state index in [0.29, 0.717) is 13.1 Å². The summed E-state index contributed by atoms with van der Waals surface area (Å²) < 4.78 is 7.32. The number of rotatable bonds is 3. The molecular formula is C23H28N4O3. The molecule has 30 heavy (non-hydrogen) atoms. The predicted octanol–water partition coefficient (Wildman–Crippen LogP) is 3.86. The second-order valence-corrected chi connectivity index (χ2v) is 9.00. The average Bonchev–Trinajstić information content (AvgIpc) is 2.98. The van der Waals surface area contributed by atoms with Crippen molar-refractivity contribution in [2.24, 2.45) is 0 Å². The molecular weight excluding hydrogens is 380 g/mol. The Morgan fingerprint density at radius 2 is 1.97 bits per heavy atom. The molecule has 4 rings (SSSR count). The van der Waals surface area contributed by atoms with E-state index in [-0.39, 0.29) is 18.6 Å². The molecule has 2 aromatic heterocycles. The molecule has 1 amide bonds. The second kappa shape index (κ2) is 7.40. The molecule has 7 heteroatoms. The largest absolute Gasteiger partial charge is 0.444 e. The zero-order valence-corrected chi connectivity index (χ0v) is 18.1. The van der Waals surface area contributed by atoms with Gasteiger partial charge in [0.25, 0.3) is 0 Å². The molecule has 1 aromatic carbocycles. The Morgan fingerprint density at radius 3 is 2.60 bits per heavy atom. The van der Waals surface area contributed by atoms with Gasteiger partial charge in [-0.15, -0.1) is 0 Å². The van der Waals surface area contributed by atoms with Crippen LogP contribution in [0.1, 0.15) is 49.1 Å². The van der Waals surface area contributed by atoms with E-state index in [1.54, 1.807) is 11.1 Å². The molecule has 3 heterocycles. The van der Waals surface area contributed by atoms with Crippen LogP contribution in [0.15, 0.2) is 30.5 Å². The summed E-state index contributed by atoms with van der Waals surface area (Å²) in [5.74, 6) is 0.0709. The van der Waals surface area contributed by atoms with Crippen molar-refractivity contribution < 1.29 is 14.6 Å². The van der Waals surface area contributed by atoms with Gasteiger partial charge in [0.1, 0.15) is 5.60 Å². The molecule has 158 valence electrons. The summed E-state index contributed by atoms with van der Waals surface area (Å²) in [6.07, 6.45) is 1.39. The van der Waals surface area contributed by atoms with E-state index >= 15 is 0 Å². The fourth-order valence-electron chi connectivity index (χ4n) is 3.89. The molecule has 0 radical (unpaired) electrons. The number of carbonyl (C=O) groups excluding carboxylic acids is 1. The smallest absolute Gasteiger partial charge is 0.410 e. The van der Waals surface area contributed by atoms with Crippen LogP contribution in [0.3, 0.4) is 0 Å². The summed E-state index contributed by atoms with van der Waals surface area (Å²) in [6, 6.07) is 8.04. The Morgan fingerprint density at radius 1 is 1.23 bits per heavy atom. The van der Waals surface area contributed by atoms with Crippen molar-refractivity contribution in [1.82, 2.24) is 19.7 Å². The van der Waals surface area contributed by atoms with Crippen LogP contribution in [0.25, 0.3) is 16.7 Å². The molecule has 7 nitrogen and oxygen atoms in total. The number of likely N-dealkylation sites (tertiary alicyclic amines) is 1. The van der Waals surface area contributed by atoms with Crippen LogP contribution >= 0.6 is 0 Å². The van der Waals surface area contributed by atoms with Crippen molar-refractivity contribution in [2.75, 3.05) is 13.1 Å². The van der Waals surface area contributed by atoms with E-state index < -0.39 is 5.60 Å². The van der Waals surface area contributed by atoms with Crippen LogP contribution in [0, 0.1) is 13.8 Å². The van der Waals surface area contributed by atoms with Crippen LogP contribution in [0.5, 0.6) is 0 Å². The fourth-order valence-corrected chi connectivity index (χ4v) is 3.89. The van der Waals surface area contributed by atoms with Crippen LogP contribution in [0.2, 0.25) is 0 Å². The van der Waals surface area contributed by atoms with Crippen molar-refractivity contribution in [3.05, 3.63) is 52.8 Å². The van der Waals surface area contributed by atoms with E-state index in [1.807, 2.05) is 37.6 Å². The van der Waals surface area contributed by atoms with Gasteiger partial charge >= 0.3 is 6.09 Å². The average molecular weight is 409 g/mol. The van der Waals surface area contributed by atoms with E-state index in [2.05, 4.69) is 31.0 Å². The zero-order chi connectivity index (χ0) is 21.6. The quantitative estimate of drug-likeness (QED) is 0.712. The van der Waals surface area contributed by atoms with Gasteiger partial charge in [0.2, 0.25) is 0 Å². The summed E-state index contributed by atoms with van der Waals surface area (Å²) in [7, 11) is 0. The highest BCUT2D eigenvalue weighted by Gasteiger charge is 2.37. The lowest BCUT2D eigenvalue weighted by atomic mass is 9.93. The van der Waals surface area contributed by atoms with Crippen LogP contribution in [0.4, 0.5) is 4.79 Å². The van der Waals surface area contributed by atoms with Crippen molar-refractivity contribution in [3.8, 4) is 5.69 Å². The number of ether oxygens (including phenoxy) is 1. The number of fused-ring (bicyclic) bond motifs is 1. The Kier molecular flexibility index (Phi) is 5.02.